The van der Waals surface area contributed by atoms with Crippen LogP contribution in [0.3, 0.4) is 0 Å². The van der Waals surface area contributed by atoms with E-state index in [0.29, 0.717) is 19.3 Å². The van der Waals surface area contributed by atoms with Gasteiger partial charge in [-0.05, 0) is 128 Å². The van der Waals surface area contributed by atoms with E-state index in [9.17, 15) is 14.4 Å². The second-order valence-electron chi connectivity index (χ2n) is 21.3. The molecule has 1 unspecified atom stereocenters. The van der Waals surface area contributed by atoms with Crippen molar-refractivity contribution in [1.82, 2.24) is 0 Å². The molecule has 0 bridgehead atoms. The highest BCUT2D eigenvalue weighted by molar-refractivity contribution is 5.71. The molecule has 80 heavy (non-hydrogen) atoms. The number of hydrogen-bond acceptors (Lipinski definition) is 6. The van der Waals surface area contributed by atoms with Gasteiger partial charge in [0, 0.05) is 19.3 Å². The van der Waals surface area contributed by atoms with Crippen molar-refractivity contribution in [3.8, 4) is 0 Å². The molecule has 0 aliphatic heterocycles. The molecule has 0 saturated heterocycles. The van der Waals surface area contributed by atoms with Crippen LogP contribution in [0.25, 0.3) is 0 Å². The maximum atomic E-state index is 12.9. The Morgan fingerprint density at radius 3 is 0.850 bits per heavy atom. The Labute approximate surface area is 493 Å². The molecule has 6 nitrogen and oxygen atoms in total. The van der Waals surface area contributed by atoms with E-state index < -0.39 is 6.10 Å². The third-order valence-corrected chi connectivity index (χ3v) is 13.6. The highest BCUT2D eigenvalue weighted by Crippen LogP contribution is 2.15. The maximum absolute atomic E-state index is 12.9. The quantitative estimate of drug-likeness (QED) is 0.0261. The van der Waals surface area contributed by atoms with Crippen molar-refractivity contribution in [3.63, 3.8) is 0 Å². The number of allylic oxidation sites excluding steroid dienone is 24. The first-order valence-corrected chi connectivity index (χ1v) is 32.8. The molecule has 0 aliphatic rings. The smallest absolute Gasteiger partial charge is 0.306 e. The van der Waals surface area contributed by atoms with E-state index in [2.05, 4.69) is 161 Å². The molecule has 0 saturated carbocycles. The third-order valence-electron chi connectivity index (χ3n) is 13.6. The van der Waals surface area contributed by atoms with Crippen LogP contribution in [-0.4, -0.2) is 37.2 Å². The first-order chi connectivity index (χ1) is 39.5. The van der Waals surface area contributed by atoms with E-state index in [1.807, 2.05) is 6.08 Å². The van der Waals surface area contributed by atoms with Crippen molar-refractivity contribution in [2.45, 2.75) is 290 Å². The fourth-order valence-electron chi connectivity index (χ4n) is 8.73. The summed E-state index contributed by atoms with van der Waals surface area (Å²) in [6.07, 6.45) is 96.0. The van der Waals surface area contributed by atoms with Gasteiger partial charge in [-0.3, -0.25) is 14.4 Å². The SMILES string of the molecule is CC/C=C\C/C=C\C/C=C\C/C=C\C/C=C\C/C=C\C/C=C\CCCCCCCCCCCCCCCC(=O)OCC(COC(=O)CC/C=C\C/C=C\C/C=C\C/C=C\CC)OC(=O)CCCCCCC/C=C\CCCCCCC. The summed E-state index contributed by atoms with van der Waals surface area (Å²) in [6.45, 7) is 6.33. The van der Waals surface area contributed by atoms with Crippen LogP contribution in [0.2, 0.25) is 0 Å². The Morgan fingerprint density at radius 1 is 0.263 bits per heavy atom. The number of rotatable bonds is 58. The average molecular weight is 1110 g/mol. The summed E-state index contributed by atoms with van der Waals surface area (Å²) >= 11 is 0. The van der Waals surface area contributed by atoms with E-state index in [1.54, 1.807) is 0 Å². The minimum atomic E-state index is -0.816. The van der Waals surface area contributed by atoms with E-state index in [0.717, 1.165) is 122 Å². The topological polar surface area (TPSA) is 78.9 Å². The minimum Gasteiger partial charge on any atom is -0.462 e. The van der Waals surface area contributed by atoms with Gasteiger partial charge in [0.25, 0.3) is 0 Å². The molecule has 6 heteroatoms. The van der Waals surface area contributed by atoms with Crippen LogP contribution >= 0.6 is 0 Å². The zero-order chi connectivity index (χ0) is 57.8. The normalized spacial score (nSPS) is 13.1. The average Bonchev–Trinajstić information content (AvgIpc) is 3.46. The standard InChI is InChI=1S/C74H120O6/c1-4-7-10-13-16-19-22-25-27-28-29-30-31-32-33-34-35-36-37-38-39-40-41-42-43-44-45-46-47-50-52-55-58-61-64-67-73(76)79-70-71(69-78-72(75)66-63-60-57-54-51-48-24-21-18-15-12-9-6-3)80-74(77)68-65-62-59-56-53-49-26-23-20-17-14-11-8-5-2/h7,9-10,12,16,18-19,21,23,25-27,29-30,32-33,35-36,38-39,48,51,57,60,71H,4-6,8,11,13-15,17,20,22,24,28,31,34,37,40-47,49-50,52-56,58-59,61-70H2,1-3H3/b10-7-,12-9-,19-16-,21-18-,26-23-,27-25-,30-29-,33-32-,36-35-,39-38-,51-48-,60-57-. The molecule has 0 aromatic rings. The van der Waals surface area contributed by atoms with Crippen molar-refractivity contribution >= 4 is 17.9 Å². The van der Waals surface area contributed by atoms with Gasteiger partial charge in [0.1, 0.15) is 13.2 Å². The molecule has 0 amide bonds. The van der Waals surface area contributed by atoms with Gasteiger partial charge in [-0.2, -0.15) is 0 Å². The molecule has 0 heterocycles. The Kier molecular flexibility index (Phi) is 62.9. The second kappa shape index (κ2) is 66.8. The lowest BCUT2D eigenvalue weighted by molar-refractivity contribution is -0.166. The van der Waals surface area contributed by atoms with Gasteiger partial charge in [-0.15, -0.1) is 0 Å². The number of ether oxygens (including phenoxy) is 3. The molecule has 1 atom stereocenters. The van der Waals surface area contributed by atoms with Crippen LogP contribution in [0, 0.1) is 0 Å². The lowest BCUT2D eigenvalue weighted by Crippen LogP contribution is -2.30. The molecular formula is C74H120O6. The Balaban J connectivity index is 4.22. The van der Waals surface area contributed by atoms with Crippen molar-refractivity contribution in [2.75, 3.05) is 13.2 Å². The summed E-state index contributed by atoms with van der Waals surface area (Å²) < 4.78 is 16.8. The minimum absolute atomic E-state index is 0.107. The predicted molar refractivity (Wildman–Crippen MR) is 348 cm³/mol. The van der Waals surface area contributed by atoms with E-state index >= 15 is 0 Å². The molecule has 0 radical (unpaired) electrons. The van der Waals surface area contributed by atoms with Crippen molar-refractivity contribution < 1.29 is 28.6 Å². The highest BCUT2D eigenvalue weighted by Gasteiger charge is 2.19. The number of hydrogen-bond donors (Lipinski definition) is 0. The zero-order valence-corrected chi connectivity index (χ0v) is 51.8. The van der Waals surface area contributed by atoms with Crippen LogP contribution < -0.4 is 0 Å². The highest BCUT2D eigenvalue weighted by atomic mass is 16.6. The first-order valence-electron chi connectivity index (χ1n) is 32.8. The fourth-order valence-corrected chi connectivity index (χ4v) is 8.73. The molecule has 0 spiro atoms. The Hall–Kier alpha value is -4.71. The monoisotopic (exact) mass is 1100 g/mol. The zero-order valence-electron chi connectivity index (χ0n) is 51.8. The summed E-state index contributed by atoms with van der Waals surface area (Å²) in [5.41, 5.74) is 0. The summed E-state index contributed by atoms with van der Waals surface area (Å²) in [4.78, 5) is 38.2. The second-order valence-corrected chi connectivity index (χ2v) is 21.3. The van der Waals surface area contributed by atoms with Gasteiger partial charge in [0.05, 0.1) is 0 Å². The van der Waals surface area contributed by atoms with E-state index in [1.165, 1.54) is 116 Å². The lowest BCUT2D eigenvalue weighted by Gasteiger charge is -2.18. The Bertz CT molecular complexity index is 1750. The van der Waals surface area contributed by atoms with Gasteiger partial charge < -0.3 is 14.2 Å². The van der Waals surface area contributed by atoms with E-state index in [-0.39, 0.29) is 37.5 Å². The molecule has 0 aliphatic carbocycles. The number of carbonyl (C=O) groups excluding carboxylic acids is 3. The van der Waals surface area contributed by atoms with Gasteiger partial charge in [0.15, 0.2) is 6.10 Å². The summed E-state index contributed by atoms with van der Waals surface area (Å²) in [6, 6.07) is 0. The lowest BCUT2D eigenvalue weighted by atomic mass is 10.0. The molecule has 0 rings (SSSR count). The molecule has 0 fully saturated rings. The Morgan fingerprint density at radius 2 is 0.512 bits per heavy atom. The number of carbonyl (C=O) groups is 3. The van der Waals surface area contributed by atoms with Crippen molar-refractivity contribution in [3.05, 3.63) is 146 Å². The van der Waals surface area contributed by atoms with E-state index in [4.69, 9.17) is 14.2 Å². The summed E-state index contributed by atoms with van der Waals surface area (Å²) in [7, 11) is 0. The molecule has 0 N–H and O–H groups in total. The fraction of sp³-hybridized carbons (Fsp3) is 0.635. The molecule has 452 valence electrons. The van der Waals surface area contributed by atoms with Crippen LogP contribution in [0.1, 0.15) is 284 Å². The van der Waals surface area contributed by atoms with Crippen LogP contribution in [0.5, 0.6) is 0 Å². The molecule has 0 aromatic heterocycles. The summed E-state index contributed by atoms with van der Waals surface area (Å²) in [5, 5.41) is 0. The summed E-state index contributed by atoms with van der Waals surface area (Å²) in [5.74, 6) is -1.00. The first kappa shape index (κ1) is 75.3. The van der Waals surface area contributed by atoms with Crippen LogP contribution in [0.4, 0.5) is 0 Å². The van der Waals surface area contributed by atoms with Crippen LogP contribution in [0.15, 0.2) is 146 Å². The third kappa shape index (κ3) is 64.1. The number of esters is 3. The van der Waals surface area contributed by atoms with Gasteiger partial charge in [-0.1, -0.05) is 282 Å². The van der Waals surface area contributed by atoms with Crippen molar-refractivity contribution in [1.29, 1.82) is 0 Å². The van der Waals surface area contributed by atoms with Gasteiger partial charge in [-0.25, -0.2) is 0 Å². The van der Waals surface area contributed by atoms with Gasteiger partial charge in [0.2, 0.25) is 0 Å². The molecule has 0 aromatic carbocycles. The van der Waals surface area contributed by atoms with Gasteiger partial charge >= 0.3 is 17.9 Å². The largest absolute Gasteiger partial charge is 0.462 e. The number of unbranched alkanes of at least 4 members (excludes halogenated alkanes) is 23. The van der Waals surface area contributed by atoms with Crippen LogP contribution in [-0.2, 0) is 28.6 Å². The van der Waals surface area contributed by atoms with Crippen molar-refractivity contribution in [2.24, 2.45) is 0 Å². The maximum Gasteiger partial charge on any atom is 0.306 e. The molecular weight excluding hydrogens is 985 g/mol. The predicted octanol–water partition coefficient (Wildman–Crippen LogP) is 22.7.